The number of halogens is 1. The van der Waals surface area contributed by atoms with E-state index in [0.29, 0.717) is 22.0 Å². The summed E-state index contributed by atoms with van der Waals surface area (Å²) in [6.07, 6.45) is 3.21. The topological polar surface area (TPSA) is 89.5 Å². The smallest absolute Gasteiger partial charge is 0.338 e. The van der Waals surface area contributed by atoms with Gasteiger partial charge in [-0.15, -0.1) is 0 Å². The van der Waals surface area contributed by atoms with Crippen LogP contribution in [0.25, 0.3) is 0 Å². The Kier molecular flexibility index (Phi) is 6.49. The molecule has 2 amide bonds. The van der Waals surface area contributed by atoms with Crippen LogP contribution in [0.15, 0.2) is 76.9 Å². The Morgan fingerprint density at radius 1 is 1.19 bits per heavy atom. The van der Waals surface area contributed by atoms with Gasteiger partial charge in [0.25, 0.3) is 0 Å². The molecule has 3 heterocycles. The van der Waals surface area contributed by atoms with E-state index in [-0.39, 0.29) is 18.8 Å². The molecule has 0 aliphatic carbocycles. The summed E-state index contributed by atoms with van der Waals surface area (Å²) in [6.45, 7) is 0.0787. The second-order valence-corrected chi connectivity index (χ2v) is 7.88. The SMILES string of the molecule is O=C1NC(COc2cccc(Cl)c2)=C(C(=O)OCc2ccsc2)C(c2cccnc2)N1. The van der Waals surface area contributed by atoms with Crippen LogP contribution >= 0.6 is 22.9 Å². The fraction of sp³-hybridized carbons (Fsp3) is 0.136. The Morgan fingerprint density at radius 3 is 2.84 bits per heavy atom. The predicted octanol–water partition coefficient (Wildman–Crippen LogP) is 4.23. The lowest BCUT2D eigenvalue weighted by molar-refractivity contribution is -0.140. The van der Waals surface area contributed by atoms with Crippen molar-refractivity contribution in [1.29, 1.82) is 0 Å². The van der Waals surface area contributed by atoms with E-state index in [1.54, 1.807) is 48.8 Å². The number of benzene rings is 1. The third-order valence-corrected chi connectivity index (χ3v) is 5.49. The van der Waals surface area contributed by atoms with Crippen molar-refractivity contribution in [1.82, 2.24) is 15.6 Å². The molecule has 7 nitrogen and oxygen atoms in total. The molecule has 0 saturated heterocycles. The van der Waals surface area contributed by atoms with Crippen LogP contribution in [0, 0.1) is 0 Å². The molecular formula is C22H18ClN3O4S. The van der Waals surface area contributed by atoms with E-state index < -0.39 is 18.0 Å². The van der Waals surface area contributed by atoms with Gasteiger partial charge in [-0.2, -0.15) is 11.3 Å². The van der Waals surface area contributed by atoms with Crippen LogP contribution in [0.5, 0.6) is 5.75 Å². The number of aromatic nitrogens is 1. The molecule has 9 heteroatoms. The van der Waals surface area contributed by atoms with Crippen LogP contribution in [0.2, 0.25) is 5.02 Å². The lowest BCUT2D eigenvalue weighted by Crippen LogP contribution is -2.47. The number of esters is 1. The zero-order chi connectivity index (χ0) is 21.6. The standard InChI is InChI=1S/C22H18ClN3O4S/c23-16-4-1-5-17(9-16)29-12-18-19(21(27)30-11-14-6-8-31-13-14)20(26-22(28)25-18)15-3-2-7-24-10-15/h1-10,13,20H,11-12H2,(H2,25,26,28). The first-order valence-electron chi connectivity index (χ1n) is 9.37. The number of thiophene rings is 1. The van der Waals surface area contributed by atoms with Gasteiger partial charge in [-0.3, -0.25) is 4.98 Å². The van der Waals surface area contributed by atoms with Crippen LogP contribution in [0.3, 0.4) is 0 Å². The number of pyridine rings is 1. The fourth-order valence-corrected chi connectivity index (χ4v) is 3.92. The van der Waals surface area contributed by atoms with Crippen LogP contribution in [0.4, 0.5) is 4.79 Å². The van der Waals surface area contributed by atoms with Crippen LogP contribution in [0.1, 0.15) is 17.2 Å². The fourth-order valence-electron chi connectivity index (χ4n) is 3.08. The maximum Gasteiger partial charge on any atom is 0.338 e. The normalized spacial score (nSPS) is 15.8. The number of nitrogens with one attached hydrogen (secondary N) is 2. The lowest BCUT2D eigenvalue weighted by atomic mass is 9.96. The zero-order valence-electron chi connectivity index (χ0n) is 16.2. The molecule has 31 heavy (non-hydrogen) atoms. The average Bonchev–Trinajstić information content (AvgIpc) is 3.30. The highest BCUT2D eigenvalue weighted by atomic mass is 35.5. The Bertz CT molecular complexity index is 1100. The molecule has 0 spiro atoms. The molecule has 1 aromatic carbocycles. The Morgan fingerprint density at radius 2 is 2.10 bits per heavy atom. The van der Waals surface area contributed by atoms with E-state index in [1.165, 1.54) is 11.3 Å². The van der Waals surface area contributed by atoms with Gasteiger partial charge in [0.05, 0.1) is 17.3 Å². The van der Waals surface area contributed by atoms with Crippen molar-refractivity contribution in [2.24, 2.45) is 0 Å². The minimum absolute atomic E-state index is 0.0482. The van der Waals surface area contributed by atoms with Crippen molar-refractivity contribution in [3.05, 3.63) is 93.0 Å². The van der Waals surface area contributed by atoms with Gasteiger partial charge in [0.2, 0.25) is 0 Å². The second-order valence-electron chi connectivity index (χ2n) is 6.66. The molecule has 2 aromatic heterocycles. The maximum atomic E-state index is 13.1. The number of ether oxygens (including phenoxy) is 2. The van der Waals surface area contributed by atoms with Gasteiger partial charge in [-0.1, -0.05) is 23.7 Å². The minimum atomic E-state index is -0.726. The molecule has 158 valence electrons. The number of carbonyl (C=O) groups is 2. The summed E-state index contributed by atoms with van der Waals surface area (Å²) in [4.78, 5) is 29.5. The summed E-state index contributed by atoms with van der Waals surface area (Å²) in [5.74, 6) is -0.0473. The van der Waals surface area contributed by atoms with Gasteiger partial charge in [0.1, 0.15) is 19.0 Å². The maximum absolute atomic E-state index is 13.1. The van der Waals surface area contributed by atoms with Crippen LogP contribution in [-0.2, 0) is 16.1 Å². The average molecular weight is 456 g/mol. The molecule has 3 aromatic rings. The molecule has 1 aliphatic rings. The lowest BCUT2D eigenvalue weighted by Gasteiger charge is -2.29. The van der Waals surface area contributed by atoms with Gasteiger partial charge < -0.3 is 20.1 Å². The summed E-state index contributed by atoms with van der Waals surface area (Å²) in [7, 11) is 0. The van der Waals surface area contributed by atoms with E-state index in [9.17, 15) is 9.59 Å². The Balaban J connectivity index is 1.64. The first-order valence-corrected chi connectivity index (χ1v) is 10.7. The van der Waals surface area contributed by atoms with Gasteiger partial charge in [0, 0.05) is 23.0 Å². The summed E-state index contributed by atoms with van der Waals surface area (Å²) >= 11 is 7.53. The van der Waals surface area contributed by atoms with Crippen molar-refractivity contribution in [2.45, 2.75) is 12.6 Å². The van der Waals surface area contributed by atoms with Crippen molar-refractivity contribution in [3.8, 4) is 5.75 Å². The number of hydrogen-bond acceptors (Lipinski definition) is 6. The molecule has 1 aliphatic heterocycles. The molecule has 0 radical (unpaired) electrons. The quantitative estimate of drug-likeness (QED) is 0.520. The summed E-state index contributed by atoms with van der Waals surface area (Å²) in [5, 5.41) is 9.78. The van der Waals surface area contributed by atoms with E-state index >= 15 is 0 Å². The summed E-state index contributed by atoms with van der Waals surface area (Å²) in [5.41, 5.74) is 2.11. The second kappa shape index (κ2) is 9.63. The van der Waals surface area contributed by atoms with Gasteiger partial charge >= 0.3 is 12.0 Å². The van der Waals surface area contributed by atoms with Crippen molar-refractivity contribution in [3.63, 3.8) is 0 Å². The monoisotopic (exact) mass is 455 g/mol. The van der Waals surface area contributed by atoms with Gasteiger partial charge in [-0.25, -0.2) is 9.59 Å². The van der Waals surface area contributed by atoms with Crippen molar-refractivity contribution >= 4 is 34.9 Å². The highest BCUT2D eigenvalue weighted by Crippen LogP contribution is 2.28. The van der Waals surface area contributed by atoms with Gasteiger partial charge in [0.15, 0.2) is 0 Å². The number of urea groups is 1. The number of nitrogens with zero attached hydrogens (tertiary/aromatic N) is 1. The minimum Gasteiger partial charge on any atom is -0.487 e. The largest absolute Gasteiger partial charge is 0.487 e. The highest BCUT2D eigenvalue weighted by Gasteiger charge is 2.34. The molecule has 1 unspecified atom stereocenters. The summed E-state index contributed by atoms with van der Waals surface area (Å²) in [6, 6.07) is 11.1. The van der Waals surface area contributed by atoms with E-state index in [4.69, 9.17) is 21.1 Å². The molecule has 1 atom stereocenters. The van der Waals surface area contributed by atoms with Crippen LogP contribution < -0.4 is 15.4 Å². The third kappa shape index (κ3) is 5.22. The molecular weight excluding hydrogens is 438 g/mol. The highest BCUT2D eigenvalue weighted by molar-refractivity contribution is 7.07. The van der Waals surface area contributed by atoms with Crippen molar-refractivity contribution in [2.75, 3.05) is 6.61 Å². The number of amides is 2. The molecule has 0 fully saturated rings. The molecule has 0 bridgehead atoms. The van der Waals surface area contributed by atoms with Crippen molar-refractivity contribution < 1.29 is 19.1 Å². The molecule has 2 N–H and O–H groups in total. The predicted molar refractivity (Wildman–Crippen MR) is 117 cm³/mol. The number of carbonyl (C=O) groups excluding carboxylic acids is 2. The zero-order valence-corrected chi connectivity index (χ0v) is 17.8. The summed E-state index contributed by atoms with van der Waals surface area (Å²) < 4.78 is 11.3. The Hall–Kier alpha value is -3.36. The Labute approximate surface area is 187 Å². The third-order valence-electron chi connectivity index (χ3n) is 4.52. The molecule has 4 rings (SSSR count). The van der Waals surface area contributed by atoms with E-state index in [2.05, 4.69) is 15.6 Å². The molecule has 0 saturated carbocycles. The number of rotatable bonds is 7. The first-order chi connectivity index (χ1) is 15.1. The van der Waals surface area contributed by atoms with Gasteiger partial charge in [-0.05, 0) is 46.7 Å². The van der Waals surface area contributed by atoms with E-state index in [1.807, 2.05) is 16.8 Å². The van der Waals surface area contributed by atoms with E-state index in [0.717, 1.165) is 5.56 Å². The first kappa shape index (κ1) is 20.9. The number of hydrogen-bond donors (Lipinski definition) is 2. The van der Waals surface area contributed by atoms with Crippen LogP contribution in [-0.4, -0.2) is 23.6 Å².